The first-order chi connectivity index (χ1) is 7.88. The van der Waals surface area contributed by atoms with Crippen LogP contribution in [-0.4, -0.2) is 30.3 Å². The Morgan fingerprint density at radius 1 is 1.31 bits per heavy atom. The number of ether oxygens (including phenoxy) is 2. The second-order valence-electron chi connectivity index (χ2n) is 4.45. The van der Waals surface area contributed by atoms with Gasteiger partial charge in [0.2, 0.25) is 6.29 Å². The summed E-state index contributed by atoms with van der Waals surface area (Å²) in [7, 11) is 0. The van der Waals surface area contributed by atoms with Crippen molar-refractivity contribution < 1.29 is 9.47 Å². The Bertz CT molecular complexity index is 349. The van der Waals surface area contributed by atoms with Gasteiger partial charge in [0.05, 0.1) is 17.9 Å². The predicted octanol–water partition coefficient (Wildman–Crippen LogP) is 1.25. The van der Waals surface area contributed by atoms with Gasteiger partial charge in [-0.3, -0.25) is 4.98 Å². The molecule has 2 aliphatic heterocycles. The van der Waals surface area contributed by atoms with Crippen molar-refractivity contribution in [3.63, 3.8) is 0 Å². The van der Waals surface area contributed by atoms with Crippen LogP contribution >= 0.6 is 0 Å². The molecule has 0 saturated carbocycles. The molecule has 4 nitrogen and oxygen atoms in total. The van der Waals surface area contributed by atoms with Crippen LogP contribution in [0.1, 0.15) is 24.8 Å². The molecule has 0 bridgehead atoms. The largest absolute Gasteiger partial charge is 0.344 e. The summed E-state index contributed by atoms with van der Waals surface area (Å²) < 4.78 is 11.8. The Morgan fingerprint density at radius 2 is 2.19 bits per heavy atom. The van der Waals surface area contributed by atoms with Crippen LogP contribution < -0.4 is 5.32 Å². The van der Waals surface area contributed by atoms with E-state index in [1.807, 2.05) is 18.2 Å². The fourth-order valence-electron chi connectivity index (χ4n) is 2.33. The lowest BCUT2D eigenvalue weighted by molar-refractivity contribution is -0.103. The minimum atomic E-state index is -0.278. The molecule has 1 aromatic heterocycles. The summed E-state index contributed by atoms with van der Waals surface area (Å²) in [6.45, 7) is 2.71. The molecule has 1 atom stereocenters. The first kappa shape index (κ1) is 10.2. The molecule has 2 aliphatic rings. The molecule has 2 saturated heterocycles. The minimum Gasteiger partial charge on any atom is -0.344 e. The summed E-state index contributed by atoms with van der Waals surface area (Å²) in [6, 6.07) is 5.81. The first-order valence-electron chi connectivity index (χ1n) is 5.79. The fraction of sp³-hybridized carbons (Fsp3) is 0.583. The van der Waals surface area contributed by atoms with E-state index in [4.69, 9.17) is 9.47 Å². The molecule has 86 valence electrons. The number of hydrogen-bond donors (Lipinski definition) is 1. The number of aromatic nitrogens is 1. The standard InChI is InChI=1S/C12H16N2O2/c1-2-6-14-10(3-1)11-15-9-12(16-11)4-7-13-8-5-12/h1-3,6,11,13H,4-5,7-9H2. The van der Waals surface area contributed by atoms with Gasteiger partial charge in [-0.05, 0) is 38.1 Å². The van der Waals surface area contributed by atoms with Crippen molar-refractivity contribution in [2.24, 2.45) is 0 Å². The lowest BCUT2D eigenvalue weighted by Gasteiger charge is -2.31. The molecule has 1 unspecified atom stereocenters. The highest BCUT2D eigenvalue weighted by Crippen LogP contribution is 2.37. The summed E-state index contributed by atoms with van der Waals surface area (Å²) >= 11 is 0. The van der Waals surface area contributed by atoms with E-state index < -0.39 is 0 Å². The molecule has 4 heteroatoms. The second kappa shape index (κ2) is 4.13. The van der Waals surface area contributed by atoms with E-state index in [2.05, 4.69) is 10.3 Å². The summed E-state index contributed by atoms with van der Waals surface area (Å²) in [4.78, 5) is 4.27. The van der Waals surface area contributed by atoms with Crippen LogP contribution in [-0.2, 0) is 9.47 Å². The molecule has 0 aromatic carbocycles. The SMILES string of the molecule is c1ccc(C2OCC3(CCNCC3)O2)nc1. The normalized spacial score (nSPS) is 28.4. The third-order valence-corrected chi connectivity index (χ3v) is 3.30. The number of rotatable bonds is 1. The highest BCUT2D eigenvalue weighted by atomic mass is 16.7. The predicted molar refractivity (Wildman–Crippen MR) is 58.8 cm³/mol. The van der Waals surface area contributed by atoms with Crippen LogP contribution in [0.4, 0.5) is 0 Å². The van der Waals surface area contributed by atoms with Gasteiger partial charge in [0, 0.05) is 6.20 Å². The number of hydrogen-bond acceptors (Lipinski definition) is 4. The van der Waals surface area contributed by atoms with Crippen molar-refractivity contribution in [1.29, 1.82) is 0 Å². The maximum atomic E-state index is 6.05. The van der Waals surface area contributed by atoms with Crippen molar-refractivity contribution >= 4 is 0 Å². The van der Waals surface area contributed by atoms with Gasteiger partial charge in [0.25, 0.3) is 0 Å². The van der Waals surface area contributed by atoms with Gasteiger partial charge in [0.15, 0.2) is 0 Å². The molecular weight excluding hydrogens is 204 g/mol. The third-order valence-electron chi connectivity index (χ3n) is 3.30. The summed E-state index contributed by atoms with van der Waals surface area (Å²) in [5.41, 5.74) is 0.797. The van der Waals surface area contributed by atoms with Gasteiger partial charge >= 0.3 is 0 Å². The first-order valence-corrected chi connectivity index (χ1v) is 5.79. The summed E-state index contributed by atoms with van der Waals surface area (Å²) in [5, 5.41) is 3.34. The Morgan fingerprint density at radius 3 is 2.94 bits per heavy atom. The number of nitrogens with zero attached hydrogens (tertiary/aromatic N) is 1. The molecule has 1 aromatic rings. The zero-order valence-corrected chi connectivity index (χ0v) is 9.19. The van der Waals surface area contributed by atoms with E-state index in [9.17, 15) is 0 Å². The molecule has 16 heavy (non-hydrogen) atoms. The molecule has 2 fully saturated rings. The summed E-state index contributed by atoms with van der Waals surface area (Å²) in [5.74, 6) is 0. The topological polar surface area (TPSA) is 43.4 Å². The maximum absolute atomic E-state index is 6.05. The number of piperidine rings is 1. The van der Waals surface area contributed by atoms with E-state index in [-0.39, 0.29) is 11.9 Å². The fourth-order valence-corrected chi connectivity index (χ4v) is 2.33. The molecule has 3 rings (SSSR count). The van der Waals surface area contributed by atoms with Crippen molar-refractivity contribution in [2.75, 3.05) is 19.7 Å². The van der Waals surface area contributed by atoms with Gasteiger partial charge in [-0.2, -0.15) is 0 Å². The van der Waals surface area contributed by atoms with Crippen LogP contribution in [0.2, 0.25) is 0 Å². The zero-order valence-electron chi connectivity index (χ0n) is 9.19. The van der Waals surface area contributed by atoms with Crippen LogP contribution in [0.15, 0.2) is 24.4 Å². The van der Waals surface area contributed by atoms with E-state index in [0.29, 0.717) is 6.61 Å². The Hall–Kier alpha value is -0.970. The highest BCUT2D eigenvalue weighted by Gasteiger charge is 2.42. The lowest BCUT2D eigenvalue weighted by atomic mass is 9.94. The average Bonchev–Trinajstić information content (AvgIpc) is 2.75. The number of nitrogens with one attached hydrogen (secondary N) is 1. The van der Waals surface area contributed by atoms with Crippen molar-refractivity contribution in [1.82, 2.24) is 10.3 Å². The highest BCUT2D eigenvalue weighted by molar-refractivity contribution is 5.07. The molecular formula is C12H16N2O2. The van der Waals surface area contributed by atoms with Crippen LogP contribution in [0.25, 0.3) is 0 Å². The van der Waals surface area contributed by atoms with Crippen molar-refractivity contribution in [3.05, 3.63) is 30.1 Å². The van der Waals surface area contributed by atoms with Gasteiger partial charge < -0.3 is 14.8 Å². The van der Waals surface area contributed by atoms with Crippen LogP contribution in [0, 0.1) is 0 Å². The van der Waals surface area contributed by atoms with E-state index in [1.165, 1.54) is 0 Å². The smallest absolute Gasteiger partial charge is 0.201 e. The third kappa shape index (κ3) is 1.84. The minimum absolute atomic E-state index is 0.0760. The van der Waals surface area contributed by atoms with E-state index >= 15 is 0 Å². The zero-order chi connectivity index (χ0) is 10.8. The molecule has 1 spiro atoms. The van der Waals surface area contributed by atoms with Crippen molar-refractivity contribution in [3.8, 4) is 0 Å². The van der Waals surface area contributed by atoms with E-state index in [1.54, 1.807) is 6.20 Å². The molecule has 3 heterocycles. The van der Waals surface area contributed by atoms with Crippen LogP contribution in [0.3, 0.4) is 0 Å². The van der Waals surface area contributed by atoms with Gasteiger partial charge in [-0.25, -0.2) is 0 Å². The monoisotopic (exact) mass is 220 g/mol. The van der Waals surface area contributed by atoms with Crippen LogP contribution in [0.5, 0.6) is 0 Å². The molecule has 0 amide bonds. The summed E-state index contributed by atoms with van der Waals surface area (Å²) in [6.07, 6.45) is 3.54. The quantitative estimate of drug-likeness (QED) is 0.773. The molecule has 0 radical (unpaired) electrons. The van der Waals surface area contributed by atoms with Crippen molar-refractivity contribution in [2.45, 2.75) is 24.7 Å². The number of pyridine rings is 1. The van der Waals surface area contributed by atoms with Gasteiger partial charge in [0.1, 0.15) is 0 Å². The Balaban J connectivity index is 1.73. The maximum Gasteiger partial charge on any atom is 0.201 e. The molecule has 0 aliphatic carbocycles. The van der Waals surface area contributed by atoms with Gasteiger partial charge in [-0.15, -0.1) is 0 Å². The Kier molecular flexibility index (Phi) is 2.63. The van der Waals surface area contributed by atoms with Gasteiger partial charge in [-0.1, -0.05) is 6.07 Å². The Labute approximate surface area is 95.0 Å². The lowest BCUT2D eigenvalue weighted by Crippen LogP contribution is -2.43. The average molecular weight is 220 g/mol. The second-order valence-corrected chi connectivity index (χ2v) is 4.45. The van der Waals surface area contributed by atoms with E-state index in [0.717, 1.165) is 31.6 Å². The molecule has 1 N–H and O–H groups in total.